The van der Waals surface area contributed by atoms with Gasteiger partial charge in [-0.2, -0.15) is 13.2 Å². The Balaban J connectivity index is 1.76. The van der Waals surface area contributed by atoms with Gasteiger partial charge >= 0.3 is 6.18 Å². The number of fused-ring (bicyclic) bond motifs is 1. The van der Waals surface area contributed by atoms with E-state index in [1.54, 1.807) is 12.1 Å². The summed E-state index contributed by atoms with van der Waals surface area (Å²) in [6.07, 6.45) is -2.64. The molecule has 136 valence electrons. The van der Waals surface area contributed by atoms with Crippen LogP contribution in [0, 0.1) is 0 Å². The number of amides is 1. The summed E-state index contributed by atoms with van der Waals surface area (Å²) in [6, 6.07) is 9.56. The van der Waals surface area contributed by atoms with Crippen LogP contribution in [0.15, 0.2) is 55.1 Å². The molecule has 1 N–H and O–H groups in total. The van der Waals surface area contributed by atoms with Crippen molar-refractivity contribution in [3.05, 3.63) is 66.2 Å². The summed E-state index contributed by atoms with van der Waals surface area (Å²) in [5.41, 5.74) is 0.104. The van der Waals surface area contributed by atoms with E-state index in [-0.39, 0.29) is 24.3 Å². The van der Waals surface area contributed by atoms with Crippen LogP contribution in [0.3, 0.4) is 0 Å². The predicted octanol–water partition coefficient (Wildman–Crippen LogP) is 4.10. The molecule has 0 spiro atoms. The summed E-state index contributed by atoms with van der Waals surface area (Å²) < 4.78 is 49.3. The van der Waals surface area contributed by atoms with E-state index in [1.165, 1.54) is 18.2 Å². The Morgan fingerprint density at radius 1 is 1.23 bits per heavy atom. The summed E-state index contributed by atoms with van der Waals surface area (Å²) in [5.74, 6) is 0.934. The van der Waals surface area contributed by atoms with Gasteiger partial charge in [0.25, 0.3) is 0 Å². The van der Waals surface area contributed by atoms with E-state index in [1.807, 2.05) is 6.07 Å². The van der Waals surface area contributed by atoms with Crippen LogP contribution in [-0.4, -0.2) is 18.6 Å². The molecule has 3 rings (SSSR count). The van der Waals surface area contributed by atoms with Gasteiger partial charge in [0, 0.05) is 5.56 Å². The molecule has 0 aromatic heterocycles. The van der Waals surface area contributed by atoms with Crippen LogP contribution in [0.5, 0.6) is 17.2 Å². The molecule has 2 aromatic rings. The first-order chi connectivity index (χ1) is 12.4. The smallest absolute Gasteiger partial charge is 0.416 e. The van der Waals surface area contributed by atoms with Crippen molar-refractivity contribution in [3.8, 4) is 17.2 Å². The lowest BCUT2D eigenvalue weighted by Gasteiger charge is -2.27. The van der Waals surface area contributed by atoms with Gasteiger partial charge < -0.3 is 14.8 Å². The van der Waals surface area contributed by atoms with Crippen LogP contribution in [0.25, 0.3) is 0 Å². The number of rotatable bonds is 4. The maximum absolute atomic E-state index is 12.6. The molecule has 2 aromatic carbocycles. The van der Waals surface area contributed by atoms with E-state index in [0.29, 0.717) is 17.9 Å². The number of alkyl halides is 3. The van der Waals surface area contributed by atoms with E-state index in [0.717, 1.165) is 17.7 Å². The molecule has 1 atom stereocenters. The van der Waals surface area contributed by atoms with Crippen molar-refractivity contribution in [1.29, 1.82) is 0 Å². The minimum Gasteiger partial charge on any atom is -0.487 e. The highest BCUT2D eigenvalue weighted by Gasteiger charge is 2.30. The van der Waals surface area contributed by atoms with Crippen LogP contribution in [0.2, 0.25) is 0 Å². The van der Waals surface area contributed by atoms with Gasteiger partial charge in [-0.3, -0.25) is 4.79 Å². The Bertz CT molecular complexity index is 816. The normalized spacial score (nSPS) is 16.2. The SMILES string of the molecule is C=CC(=O)NC1COc2c(cccc2Oc2ccc(C(F)(F)F)cc2)C1. The van der Waals surface area contributed by atoms with E-state index >= 15 is 0 Å². The van der Waals surface area contributed by atoms with E-state index in [4.69, 9.17) is 9.47 Å². The standard InChI is InChI=1S/C19H16F3NO3/c1-2-17(24)23-14-10-12-4-3-5-16(18(12)25-11-14)26-15-8-6-13(7-9-15)19(20,21)22/h2-9,14H,1,10-11H2,(H,23,24). The zero-order valence-electron chi connectivity index (χ0n) is 13.7. The summed E-state index contributed by atoms with van der Waals surface area (Å²) in [4.78, 5) is 11.4. The highest BCUT2D eigenvalue weighted by molar-refractivity contribution is 5.87. The maximum atomic E-state index is 12.6. The Hall–Kier alpha value is -2.96. The summed E-state index contributed by atoms with van der Waals surface area (Å²) >= 11 is 0. The van der Waals surface area contributed by atoms with E-state index in [9.17, 15) is 18.0 Å². The van der Waals surface area contributed by atoms with Crippen molar-refractivity contribution >= 4 is 5.91 Å². The number of benzene rings is 2. The van der Waals surface area contributed by atoms with Gasteiger partial charge in [0.2, 0.25) is 5.91 Å². The summed E-state index contributed by atoms with van der Waals surface area (Å²) in [5, 5.41) is 2.77. The third-order valence-corrected chi connectivity index (χ3v) is 3.90. The molecule has 0 radical (unpaired) electrons. The molecule has 0 saturated heterocycles. The molecular weight excluding hydrogens is 347 g/mol. The lowest BCUT2D eigenvalue weighted by molar-refractivity contribution is -0.137. The summed E-state index contributed by atoms with van der Waals surface area (Å²) in [7, 11) is 0. The lowest BCUT2D eigenvalue weighted by Crippen LogP contribution is -2.42. The van der Waals surface area contributed by atoms with Gasteiger partial charge in [0.15, 0.2) is 11.5 Å². The number of halogens is 3. The molecule has 1 heterocycles. The fourth-order valence-electron chi connectivity index (χ4n) is 2.67. The topological polar surface area (TPSA) is 47.6 Å². The van der Waals surface area contributed by atoms with Crippen molar-refractivity contribution in [2.45, 2.75) is 18.6 Å². The van der Waals surface area contributed by atoms with Gasteiger partial charge in [-0.05, 0) is 42.8 Å². The van der Waals surface area contributed by atoms with E-state index in [2.05, 4.69) is 11.9 Å². The third kappa shape index (κ3) is 3.99. The molecule has 0 aliphatic carbocycles. The molecular formula is C19H16F3NO3. The van der Waals surface area contributed by atoms with Gasteiger partial charge in [0.1, 0.15) is 12.4 Å². The highest BCUT2D eigenvalue weighted by Crippen LogP contribution is 2.38. The number of hydrogen-bond acceptors (Lipinski definition) is 3. The van der Waals surface area contributed by atoms with Gasteiger partial charge in [-0.25, -0.2) is 0 Å². The van der Waals surface area contributed by atoms with Crippen LogP contribution < -0.4 is 14.8 Å². The minimum atomic E-state index is -4.39. The average Bonchev–Trinajstić information content (AvgIpc) is 2.61. The zero-order chi connectivity index (χ0) is 18.7. The monoisotopic (exact) mass is 363 g/mol. The molecule has 0 saturated carbocycles. The van der Waals surface area contributed by atoms with Crippen molar-refractivity contribution in [2.24, 2.45) is 0 Å². The van der Waals surface area contributed by atoms with Gasteiger partial charge in [-0.15, -0.1) is 0 Å². The minimum absolute atomic E-state index is 0.186. The molecule has 7 heteroatoms. The predicted molar refractivity (Wildman–Crippen MR) is 89.3 cm³/mol. The first-order valence-corrected chi connectivity index (χ1v) is 7.89. The number of ether oxygens (including phenoxy) is 2. The first kappa shape index (κ1) is 17.8. The Morgan fingerprint density at radius 2 is 1.96 bits per heavy atom. The Kier molecular flexibility index (Phi) is 4.88. The van der Waals surface area contributed by atoms with Crippen molar-refractivity contribution in [2.75, 3.05) is 6.61 Å². The van der Waals surface area contributed by atoms with Gasteiger partial charge in [-0.1, -0.05) is 18.7 Å². The number of carbonyl (C=O) groups excluding carboxylic acids is 1. The second-order valence-corrected chi connectivity index (χ2v) is 5.79. The van der Waals surface area contributed by atoms with Crippen molar-refractivity contribution in [3.63, 3.8) is 0 Å². The van der Waals surface area contributed by atoms with Crippen LogP contribution >= 0.6 is 0 Å². The van der Waals surface area contributed by atoms with Crippen molar-refractivity contribution in [1.82, 2.24) is 5.32 Å². The molecule has 1 unspecified atom stereocenters. The molecule has 1 aliphatic heterocycles. The molecule has 0 fully saturated rings. The highest BCUT2D eigenvalue weighted by atomic mass is 19.4. The molecule has 0 bridgehead atoms. The fourth-order valence-corrected chi connectivity index (χ4v) is 2.67. The van der Waals surface area contributed by atoms with Gasteiger partial charge in [0.05, 0.1) is 11.6 Å². The zero-order valence-corrected chi connectivity index (χ0v) is 13.7. The quantitative estimate of drug-likeness (QED) is 0.832. The van der Waals surface area contributed by atoms with Crippen LogP contribution in [0.1, 0.15) is 11.1 Å². The number of carbonyl (C=O) groups is 1. The molecule has 1 amide bonds. The van der Waals surface area contributed by atoms with E-state index < -0.39 is 11.7 Å². The number of hydrogen-bond donors (Lipinski definition) is 1. The fraction of sp³-hybridized carbons (Fsp3) is 0.211. The van der Waals surface area contributed by atoms with Crippen LogP contribution in [0.4, 0.5) is 13.2 Å². The molecule has 4 nitrogen and oxygen atoms in total. The molecule has 1 aliphatic rings. The second kappa shape index (κ2) is 7.11. The molecule has 26 heavy (non-hydrogen) atoms. The number of para-hydroxylation sites is 1. The lowest BCUT2D eigenvalue weighted by atomic mass is 10.0. The van der Waals surface area contributed by atoms with Crippen LogP contribution in [-0.2, 0) is 17.4 Å². The largest absolute Gasteiger partial charge is 0.487 e. The van der Waals surface area contributed by atoms with Crippen molar-refractivity contribution < 1.29 is 27.4 Å². The summed E-state index contributed by atoms with van der Waals surface area (Å²) in [6.45, 7) is 3.67. The first-order valence-electron chi connectivity index (χ1n) is 7.89. The second-order valence-electron chi connectivity index (χ2n) is 5.79. The number of nitrogens with one attached hydrogen (secondary N) is 1. The average molecular weight is 363 g/mol. The third-order valence-electron chi connectivity index (χ3n) is 3.90. The Labute approximate surface area is 148 Å². The maximum Gasteiger partial charge on any atom is 0.416 e. The Morgan fingerprint density at radius 3 is 2.62 bits per heavy atom.